The zero-order chi connectivity index (χ0) is 14.2. The van der Waals surface area contributed by atoms with Gasteiger partial charge in [-0.2, -0.15) is 0 Å². The molecule has 2 aromatic rings. The number of allylic oxidation sites excluding steroid dienone is 4. The lowest BCUT2D eigenvalue weighted by Crippen LogP contribution is -2.35. The van der Waals surface area contributed by atoms with E-state index in [2.05, 4.69) is 0 Å². The molecule has 0 saturated heterocycles. The summed E-state index contributed by atoms with van der Waals surface area (Å²) in [6, 6.07) is 11.6. The van der Waals surface area contributed by atoms with Gasteiger partial charge in [0.15, 0.2) is 11.6 Å². The molecule has 0 aromatic heterocycles. The molecule has 0 bridgehead atoms. The number of ketones is 2. The minimum atomic E-state index is -0.603. The van der Waals surface area contributed by atoms with E-state index in [1.165, 1.54) is 0 Å². The van der Waals surface area contributed by atoms with E-state index in [1.54, 1.807) is 0 Å². The normalized spacial score (nSPS) is 31.8. The highest BCUT2D eigenvalue weighted by Crippen LogP contribution is 2.71. The standard InChI is InChI=1S/C19H12O2/c20-16-14-9-12-5-1-2-6-13(12)10-15(14)17(21)19-8-4-3-7-18(16,19)11-19/h1-10H,11H2/t18-,19+. The molecule has 0 radical (unpaired) electrons. The molecule has 1 saturated carbocycles. The molecule has 0 heterocycles. The maximum Gasteiger partial charge on any atom is 0.174 e. The Kier molecular flexibility index (Phi) is 1.72. The third-order valence-corrected chi connectivity index (χ3v) is 5.29. The van der Waals surface area contributed by atoms with Gasteiger partial charge in [0, 0.05) is 11.1 Å². The largest absolute Gasteiger partial charge is 0.293 e. The van der Waals surface area contributed by atoms with Crippen molar-refractivity contribution in [2.75, 3.05) is 0 Å². The van der Waals surface area contributed by atoms with Crippen molar-refractivity contribution in [3.05, 3.63) is 71.8 Å². The fourth-order valence-corrected chi connectivity index (χ4v) is 4.06. The van der Waals surface area contributed by atoms with Crippen molar-refractivity contribution in [2.24, 2.45) is 10.8 Å². The monoisotopic (exact) mass is 272 g/mol. The lowest BCUT2D eigenvalue weighted by Gasteiger charge is -2.27. The summed E-state index contributed by atoms with van der Waals surface area (Å²) in [5, 5.41) is 2.02. The van der Waals surface area contributed by atoms with E-state index in [1.807, 2.05) is 60.7 Å². The van der Waals surface area contributed by atoms with Crippen LogP contribution in [0.3, 0.4) is 0 Å². The van der Waals surface area contributed by atoms with Crippen LogP contribution in [-0.4, -0.2) is 11.6 Å². The van der Waals surface area contributed by atoms with Crippen LogP contribution in [-0.2, 0) is 0 Å². The molecule has 100 valence electrons. The summed E-state index contributed by atoms with van der Waals surface area (Å²) in [5.74, 6) is 0.201. The second-order valence-electron chi connectivity index (χ2n) is 6.24. The van der Waals surface area contributed by atoms with E-state index in [4.69, 9.17) is 0 Å². The van der Waals surface area contributed by atoms with E-state index >= 15 is 0 Å². The van der Waals surface area contributed by atoms with E-state index in [9.17, 15) is 9.59 Å². The van der Waals surface area contributed by atoms with Gasteiger partial charge in [-0.3, -0.25) is 9.59 Å². The van der Waals surface area contributed by atoms with E-state index in [0.29, 0.717) is 17.5 Å². The molecule has 0 N–H and O–H groups in total. The summed E-state index contributed by atoms with van der Waals surface area (Å²) in [4.78, 5) is 25.9. The number of Topliss-reactive ketones (excluding diaryl/α,β-unsaturated/α-hetero) is 2. The van der Waals surface area contributed by atoms with Crippen molar-refractivity contribution in [3.8, 4) is 0 Å². The van der Waals surface area contributed by atoms with Gasteiger partial charge in [0.25, 0.3) is 0 Å². The Hall–Kier alpha value is -2.48. The summed E-state index contributed by atoms with van der Waals surface area (Å²) >= 11 is 0. The Morgan fingerprint density at radius 1 is 0.762 bits per heavy atom. The smallest absolute Gasteiger partial charge is 0.174 e. The first kappa shape index (κ1) is 11.2. The minimum Gasteiger partial charge on any atom is -0.293 e. The molecule has 0 amide bonds. The van der Waals surface area contributed by atoms with Crippen LogP contribution >= 0.6 is 0 Å². The molecule has 2 nitrogen and oxygen atoms in total. The predicted octanol–water partition coefficient (Wildman–Crippen LogP) is 3.72. The first-order valence-corrected chi connectivity index (χ1v) is 7.17. The Morgan fingerprint density at radius 2 is 1.24 bits per heavy atom. The fraction of sp³-hybridized carbons (Fsp3) is 0.158. The summed E-state index contributed by atoms with van der Waals surface area (Å²) in [6.07, 6.45) is 8.25. The number of hydrogen-bond acceptors (Lipinski definition) is 2. The van der Waals surface area contributed by atoms with Crippen LogP contribution in [0, 0.1) is 10.8 Å². The summed E-state index contributed by atoms with van der Waals surface area (Å²) in [5.41, 5.74) is -0.0266. The molecule has 5 rings (SSSR count). The molecule has 0 unspecified atom stereocenters. The summed E-state index contributed by atoms with van der Waals surface area (Å²) in [6.45, 7) is 0. The average molecular weight is 272 g/mol. The first-order valence-electron chi connectivity index (χ1n) is 7.17. The van der Waals surface area contributed by atoms with Gasteiger partial charge < -0.3 is 0 Å². The van der Waals surface area contributed by atoms with Crippen LogP contribution in [0.25, 0.3) is 10.8 Å². The van der Waals surface area contributed by atoms with Crippen molar-refractivity contribution in [1.29, 1.82) is 0 Å². The summed E-state index contributed by atoms with van der Waals surface area (Å²) < 4.78 is 0. The molecule has 2 atom stereocenters. The van der Waals surface area contributed by atoms with E-state index < -0.39 is 10.8 Å². The topological polar surface area (TPSA) is 34.1 Å². The van der Waals surface area contributed by atoms with Crippen LogP contribution in [0.1, 0.15) is 27.1 Å². The van der Waals surface area contributed by atoms with Crippen LogP contribution in [0.15, 0.2) is 60.7 Å². The van der Waals surface area contributed by atoms with Gasteiger partial charge in [-0.25, -0.2) is 0 Å². The molecule has 0 aliphatic heterocycles. The lowest BCUT2D eigenvalue weighted by molar-refractivity contribution is 0.0802. The van der Waals surface area contributed by atoms with Crippen molar-refractivity contribution in [1.82, 2.24) is 0 Å². The Labute approximate surface area is 121 Å². The van der Waals surface area contributed by atoms with E-state index in [0.717, 1.165) is 10.8 Å². The Morgan fingerprint density at radius 3 is 1.71 bits per heavy atom. The number of carbonyl (C=O) groups is 2. The molecule has 1 fully saturated rings. The quantitative estimate of drug-likeness (QED) is 0.732. The third-order valence-electron chi connectivity index (χ3n) is 5.29. The molecular weight excluding hydrogens is 260 g/mol. The first-order chi connectivity index (χ1) is 10.2. The number of benzene rings is 2. The maximum atomic E-state index is 13.0. The fourth-order valence-electron chi connectivity index (χ4n) is 4.06. The van der Waals surface area contributed by atoms with Crippen LogP contribution in [0.4, 0.5) is 0 Å². The molecule has 3 aliphatic carbocycles. The second kappa shape index (κ2) is 3.22. The predicted molar refractivity (Wildman–Crippen MR) is 80.4 cm³/mol. The van der Waals surface area contributed by atoms with E-state index in [-0.39, 0.29) is 11.6 Å². The number of carbonyl (C=O) groups excluding carboxylic acids is 2. The number of hydrogen-bond donors (Lipinski definition) is 0. The highest BCUT2D eigenvalue weighted by atomic mass is 16.1. The van der Waals surface area contributed by atoms with Crippen molar-refractivity contribution < 1.29 is 9.59 Å². The highest BCUT2D eigenvalue weighted by Gasteiger charge is 2.75. The zero-order valence-corrected chi connectivity index (χ0v) is 11.3. The number of rotatable bonds is 0. The van der Waals surface area contributed by atoms with Crippen LogP contribution in [0.5, 0.6) is 0 Å². The maximum absolute atomic E-state index is 13.0. The van der Waals surface area contributed by atoms with Crippen molar-refractivity contribution in [3.63, 3.8) is 0 Å². The Balaban J connectivity index is 1.86. The summed E-state index contributed by atoms with van der Waals surface area (Å²) in [7, 11) is 0. The van der Waals surface area contributed by atoms with Gasteiger partial charge >= 0.3 is 0 Å². The van der Waals surface area contributed by atoms with Crippen molar-refractivity contribution in [2.45, 2.75) is 6.42 Å². The molecule has 2 heteroatoms. The minimum absolute atomic E-state index is 0.100. The molecule has 2 aromatic carbocycles. The number of fused-ring (bicyclic) bond motifs is 2. The molecule has 21 heavy (non-hydrogen) atoms. The molecule has 0 spiro atoms. The Bertz CT molecular complexity index is 844. The van der Waals surface area contributed by atoms with Gasteiger partial charge in [0.2, 0.25) is 0 Å². The molecular formula is C19H12O2. The SMILES string of the molecule is O=C1c2cc3ccccc3cc2C(=O)[C@]23C=CC=C[C@]12C3. The van der Waals surface area contributed by atoms with Gasteiger partial charge in [0.05, 0.1) is 10.8 Å². The van der Waals surface area contributed by atoms with Crippen LogP contribution in [0.2, 0.25) is 0 Å². The third kappa shape index (κ3) is 1.08. The molecule has 3 aliphatic rings. The average Bonchev–Trinajstić information content (AvgIpc) is 3.24. The zero-order valence-electron chi connectivity index (χ0n) is 11.3. The van der Waals surface area contributed by atoms with Gasteiger partial charge in [-0.1, -0.05) is 48.6 Å². The second-order valence-corrected chi connectivity index (χ2v) is 6.24. The van der Waals surface area contributed by atoms with Gasteiger partial charge in [0.1, 0.15) is 0 Å². The van der Waals surface area contributed by atoms with Crippen LogP contribution < -0.4 is 0 Å². The van der Waals surface area contributed by atoms with Gasteiger partial charge in [-0.15, -0.1) is 0 Å². The van der Waals surface area contributed by atoms with Gasteiger partial charge in [-0.05, 0) is 29.3 Å². The highest BCUT2D eigenvalue weighted by molar-refractivity contribution is 6.26. The lowest BCUT2D eigenvalue weighted by atomic mass is 9.72. The van der Waals surface area contributed by atoms with Crippen molar-refractivity contribution >= 4 is 22.3 Å².